The predicted octanol–water partition coefficient (Wildman–Crippen LogP) is 5.13. The van der Waals surface area contributed by atoms with E-state index in [1.807, 2.05) is 36.4 Å². The number of nitrogens with one attached hydrogen (secondary N) is 1. The normalized spacial score (nSPS) is 10.9. The highest BCUT2D eigenvalue weighted by Crippen LogP contribution is 2.23. The highest BCUT2D eigenvalue weighted by atomic mass is 32.2. The Morgan fingerprint density at radius 3 is 2.50 bits per heavy atom. The summed E-state index contributed by atoms with van der Waals surface area (Å²) in [5.74, 6) is 1.15. The summed E-state index contributed by atoms with van der Waals surface area (Å²) in [4.78, 5) is 12.2. The Morgan fingerprint density at radius 2 is 1.82 bits per heavy atom. The zero-order valence-electron chi connectivity index (χ0n) is 16.5. The van der Waals surface area contributed by atoms with Gasteiger partial charge in [-0.3, -0.25) is 4.79 Å². The number of amides is 1. The standard InChI is InChI=1S/C23H25N3OS/c1-16(2)14-24-23(27)20-6-4-5-18(13-20)15-28-22-12-11-21(25-26-22)19-9-7-17(3)8-10-19/h4-13,16H,14-15H2,1-3H3,(H,24,27). The van der Waals surface area contributed by atoms with Crippen LogP contribution < -0.4 is 5.32 Å². The number of aromatic nitrogens is 2. The van der Waals surface area contributed by atoms with E-state index in [9.17, 15) is 4.79 Å². The van der Waals surface area contributed by atoms with E-state index in [-0.39, 0.29) is 5.91 Å². The molecule has 3 aromatic rings. The Morgan fingerprint density at radius 1 is 1.04 bits per heavy atom. The summed E-state index contributed by atoms with van der Waals surface area (Å²) < 4.78 is 0. The molecule has 0 saturated carbocycles. The third-order valence-corrected chi connectivity index (χ3v) is 5.23. The van der Waals surface area contributed by atoms with Crippen LogP contribution in [-0.4, -0.2) is 22.6 Å². The van der Waals surface area contributed by atoms with Gasteiger partial charge in [0, 0.05) is 23.4 Å². The number of nitrogens with zero attached hydrogens (tertiary/aromatic N) is 2. The van der Waals surface area contributed by atoms with Crippen LogP contribution in [0.3, 0.4) is 0 Å². The van der Waals surface area contributed by atoms with E-state index in [0.29, 0.717) is 18.0 Å². The van der Waals surface area contributed by atoms with Gasteiger partial charge in [0.2, 0.25) is 0 Å². The van der Waals surface area contributed by atoms with Gasteiger partial charge in [0.1, 0.15) is 5.03 Å². The third kappa shape index (κ3) is 5.67. The lowest BCUT2D eigenvalue weighted by atomic mass is 10.1. The van der Waals surface area contributed by atoms with Gasteiger partial charge in [-0.2, -0.15) is 0 Å². The number of aryl methyl sites for hydroxylation is 1. The Hall–Kier alpha value is -2.66. The van der Waals surface area contributed by atoms with E-state index in [1.165, 1.54) is 5.56 Å². The number of carbonyl (C=O) groups is 1. The van der Waals surface area contributed by atoms with E-state index < -0.39 is 0 Å². The molecule has 0 aliphatic rings. The first-order valence-electron chi connectivity index (χ1n) is 9.42. The maximum atomic E-state index is 12.2. The molecule has 0 aliphatic carbocycles. The van der Waals surface area contributed by atoms with Gasteiger partial charge in [0.15, 0.2) is 0 Å². The third-order valence-electron chi connectivity index (χ3n) is 4.23. The number of rotatable bonds is 7. The average molecular weight is 392 g/mol. The van der Waals surface area contributed by atoms with Gasteiger partial charge in [-0.05, 0) is 42.7 Å². The molecule has 0 bridgehead atoms. The Labute approximate surface area is 170 Å². The van der Waals surface area contributed by atoms with Crippen molar-refractivity contribution in [1.29, 1.82) is 0 Å². The minimum Gasteiger partial charge on any atom is -0.352 e. The van der Waals surface area contributed by atoms with Gasteiger partial charge in [-0.1, -0.05) is 67.6 Å². The van der Waals surface area contributed by atoms with Crippen molar-refractivity contribution in [2.75, 3.05) is 6.54 Å². The van der Waals surface area contributed by atoms with Crippen molar-refractivity contribution in [1.82, 2.24) is 15.5 Å². The van der Waals surface area contributed by atoms with Gasteiger partial charge in [-0.25, -0.2) is 0 Å². The molecule has 0 radical (unpaired) electrons. The smallest absolute Gasteiger partial charge is 0.251 e. The number of benzene rings is 2. The van der Waals surface area contributed by atoms with Crippen molar-refractivity contribution in [3.63, 3.8) is 0 Å². The molecular weight excluding hydrogens is 366 g/mol. The quantitative estimate of drug-likeness (QED) is 0.567. The van der Waals surface area contributed by atoms with Gasteiger partial charge < -0.3 is 5.32 Å². The lowest BCUT2D eigenvalue weighted by Crippen LogP contribution is -2.27. The fraction of sp³-hybridized carbons (Fsp3) is 0.261. The average Bonchev–Trinajstić information content (AvgIpc) is 2.71. The summed E-state index contributed by atoms with van der Waals surface area (Å²) in [5, 5.41) is 12.5. The van der Waals surface area contributed by atoms with E-state index in [4.69, 9.17) is 0 Å². The lowest BCUT2D eigenvalue weighted by Gasteiger charge is -2.09. The van der Waals surface area contributed by atoms with Crippen molar-refractivity contribution in [3.05, 3.63) is 77.4 Å². The molecular formula is C23H25N3OS. The van der Waals surface area contributed by atoms with Crippen LogP contribution in [0.4, 0.5) is 0 Å². The van der Waals surface area contributed by atoms with E-state index in [2.05, 4.69) is 60.6 Å². The second kappa shape index (κ2) is 9.51. The van der Waals surface area contributed by atoms with E-state index in [1.54, 1.807) is 11.8 Å². The molecule has 2 aromatic carbocycles. The van der Waals surface area contributed by atoms with Crippen LogP contribution in [0.2, 0.25) is 0 Å². The number of hydrogen-bond donors (Lipinski definition) is 1. The second-order valence-electron chi connectivity index (χ2n) is 7.22. The van der Waals surface area contributed by atoms with Gasteiger partial charge >= 0.3 is 0 Å². The number of hydrogen-bond acceptors (Lipinski definition) is 4. The van der Waals surface area contributed by atoms with Crippen LogP contribution in [-0.2, 0) is 5.75 Å². The van der Waals surface area contributed by atoms with E-state index >= 15 is 0 Å². The molecule has 4 nitrogen and oxygen atoms in total. The fourth-order valence-electron chi connectivity index (χ4n) is 2.63. The van der Waals surface area contributed by atoms with Gasteiger partial charge in [-0.15, -0.1) is 10.2 Å². The van der Waals surface area contributed by atoms with Crippen LogP contribution in [0.15, 0.2) is 65.7 Å². The maximum absolute atomic E-state index is 12.2. The Kier molecular flexibility index (Phi) is 6.82. The minimum atomic E-state index is -0.0252. The topological polar surface area (TPSA) is 54.9 Å². The summed E-state index contributed by atoms with van der Waals surface area (Å²) in [6.07, 6.45) is 0. The molecule has 0 unspecified atom stereocenters. The highest BCUT2D eigenvalue weighted by molar-refractivity contribution is 7.98. The molecule has 0 atom stereocenters. The number of carbonyl (C=O) groups excluding carboxylic acids is 1. The monoisotopic (exact) mass is 391 g/mol. The van der Waals surface area contributed by atoms with Gasteiger partial charge in [0.05, 0.1) is 5.69 Å². The summed E-state index contributed by atoms with van der Waals surface area (Å²) >= 11 is 1.61. The van der Waals surface area contributed by atoms with Crippen LogP contribution in [0.25, 0.3) is 11.3 Å². The Bertz CT molecular complexity index is 921. The molecule has 1 amide bonds. The summed E-state index contributed by atoms with van der Waals surface area (Å²) in [6, 6.07) is 20.0. The number of thioether (sulfide) groups is 1. The molecule has 5 heteroatoms. The predicted molar refractivity (Wildman–Crippen MR) is 115 cm³/mol. The first-order chi connectivity index (χ1) is 13.5. The lowest BCUT2D eigenvalue weighted by molar-refractivity contribution is 0.0949. The summed E-state index contributed by atoms with van der Waals surface area (Å²) in [5.41, 5.74) is 4.94. The van der Waals surface area contributed by atoms with Crippen LogP contribution in [0, 0.1) is 12.8 Å². The largest absolute Gasteiger partial charge is 0.352 e. The summed E-state index contributed by atoms with van der Waals surface area (Å²) in [7, 11) is 0. The molecule has 0 saturated heterocycles. The molecule has 1 heterocycles. The molecule has 144 valence electrons. The van der Waals surface area contributed by atoms with Crippen molar-refractivity contribution >= 4 is 17.7 Å². The second-order valence-corrected chi connectivity index (χ2v) is 8.21. The molecule has 3 rings (SSSR count). The molecule has 1 aromatic heterocycles. The van der Waals surface area contributed by atoms with Gasteiger partial charge in [0.25, 0.3) is 5.91 Å². The first kappa shape index (κ1) is 20.1. The highest BCUT2D eigenvalue weighted by Gasteiger charge is 2.08. The van der Waals surface area contributed by atoms with Crippen LogP contribution >= 0.6 is 11.8 Å². The fourth-order valence-corrected chi connectivity index (χ4v) is 3.39. The SMILES string of the molecule is Cc1ccc(-c2ccc(SCc3cccc(C(=O)NCC(C)C)c3)nn2)cc1. The van der Waals surface area contributed by atoms with Crippen molar-refractivity contribution in [2.24, 2.45) is 5.92 Å². The maximum Gasteiger partial charge on any atom is 0.251 e. The molecule has 0 aliphatic heterocycles. The van der Waals surface area contributed by atoms with Crippen LogP contribution in [0.5, 0.6) is 0 Å². The molecule has 0 fully saturated rings. The zero-order valence-corrected chi connectivity index (χ0v) is 17.3. The van der Waals surface area contributed by atoms with Crippen molar-refractivity contribution < 1.29 is 4.79 Å². The van der Waals surface area contributed by atoms with Crippen molar-refractivity contribution in [2.45, 2.75) is 31.6 Å². The first-order valence-corrected chi connectivity index (χ1v) is 10.4. The zero-order chi connectivity index (χ0) is 19.9. The minimum absolute atomic E-state index is 0.0252. The van der Waals surface area contributed by atoms with Crippen LogP contribution in [0.1, 0.15) is 35.3 Å². The van der Waals surface area contributed by atoms with Crippen molar-refractivity contribution in [3.8, 4) is 11.3 Å². The Balaban J connectivity index is 1.60. The molecule has 0 spiro atoms. The van der Waals surface area contributed by atoms with E-state index in [0.717, 1.165) is 27.6 Å². The summed E-state index contributed by atoms with van der Waals surface area (Å²) in [6.45, 7) is 6.91. The molecule has 28 heavy (non-hydrogen) atoms. The molecule has 1 N–H and O–H groups in total.